The fourth-order valence-corrected chi connectivity index (χ4v) is 5.21. The lowest BCUT2D eigenvalue weighted by molar-refractivity contribution is 0.0546. The molecule has 1 saturated heterocycles. The predicted octanol–water partition coefficient (Wildman–Crippen LogP) is 4.91. The number of fused-ring (bicyclic) bond motifs is 2. The van der Waals surface area contributed by atoms with Crippen LogP contribution in [0.4, 0.5) is 4.79 Å². The van der Waals surface area contributed by atoms with Gasteiger partial charge < -0.3 is 24.6 Å². The van der Waals surface area contributed by atoms with Gasteiger partial charge in [0, 0.05) is 29.6 Å². The lowest BCUT2D eigenvalue weighted by atomic mass is 9.98. The monoisotopic (exact) mass is 521 g/mol. The first-order valence-electron chi connectivity index (χ1n) is 13.1. The van der Waals surface area contributed by atoms with Crippen LogP contribution in [0, 0.1) is 0 Å². The molecule has 38 heavy (non-hydrogen) atoms. The largest absolute Gasteiger partial charge is 0.504 e. The quantitative estimate of drug-likeness (QED) is 0.475. The number of aromatic nitrogens is 1. The Morgan fingerprint density at radius 2 is 1.87 bits per heavy atom. The number of ether oxygens (including phenoxy) is 3. The highest BCUT2D eigenvalue weighted by atomic mass is 16.6. The van der Waals surface area contributed by atoms with E-state index in [2.05, 4.69) is 10.2 Å². The minimum atomic E-state index is -0.728. The van der Waals surface area contributed by atoms with Crippen molar-refractivity contribution in [3.63, 3.8) is 0 Å². The fraction of sp³-hybridized carbons (Fsp3) is 0.448. The Morgan fingerprint density at radius 3 is 2.58 bits per heavy atom. The molecule has 0 unspecified atom stereocenters. The van der Waals surface area contributed by atoms with Crippen molar-refractivity contribution in [1.82, 2.24) is 14.8 Å². The van der Waals surface area contributed by atoms with E-state index in [0.29, 0.717) is 40.3 Å². The van der Waals surface area contributed by atoms with Gasteiger partial charge in [0.15, 0.2) is 11.5 Å². The number of hydrogen-bond acceptors (Lipinski definition) is 7. The molecule has 2 aromatic carbocycles. The number of hydrogen-bond donors (Lipinski definition) is 2. The van der Waals surface area contributed by atoms with E-state index in [4.69, 9.17) is 14.2 Å². The molecule has 1 aromatic heterocycles. The molecule has 5 rings (SSSR count). The van der Waals surface area contributed by atoms with Crippen molar-refractivity contribution in [1.29, 1.82) is 0 Å². The zero-order valence-corrected chi connectivity index (χ0v) is 22.4. The van der Waals surface area contributed by atoms with E-state index in [1.165, 1.54) is 30.9 Å². The Hall–Kier alpha value is -3.72. The van der Waals surface area contributed by atoms with Crippen LogP contribution in [-0.2, 0) is 11.3 Å². The summed E-state index contributed by atoms with van der Waals surface area (Å²) in [5.41, 5.74) is 1.58. The average Bonchev–Trinajstić information content (AvgIpc) is 3.45. The zero-order valence-electron chi connectivity index (χ0n) is 22.4. The van der Waals surface area contributed by atoms with Crippen molar-refractivity contribution in [3.8, 4) is 28.5 Å². The molecule has 202 valence electrons. The van der Waals surface area contributed by atoms with Crippen LogP contribution >= 0.6 is 0 Å². The highest BCUT2D eigenvalue weighted by molar-refractivity contribution is 6.08. The van der Waals surface area contributed by atoms with Gasteiger partial charge in [0.05, 0.1) is 23.9 Å². The molecule has 0 aliphatic carbocycles. The number of likely N-dealkylation sites (tertiary alicyclic amines) is 1. The fourth-order valence-electron chi connectivity index (χ4n) is 5.21. The number of carbonyl (C=O) groups excluding carboxylic acids is 2. The number of amides is 1. The third-order valence-electron chi connectivity index (χ3n) is 6.99. The number of phenols is 1. The third-order valence-corrected chi connectivity index (χ3v) is 6.99. The molecule has 9 nitrogen and oxygen atoms in total. The van der Waals surface area contributed by atoms with Crippen LogP contribution in [0.2, 0.25) is 0 Å². The van der Waals surface area contributed by atoms with Crippen molar-refractivity contribution < 1.29 is 28.9 Å². The summed E-state index contributed by atoms with van der Waals surface area (Å²) in [6.07, 6.45) is 3.19. The summed E-state index contributed by atoms with van der Waals surface area (Å²) in [6, 6.07) is 9.00. The predicted molar refractivity (Wildman–Crippen MR) is 144 cm³/mol. The zero-order chi connectivity index (χ0) is 27.0. The Balaban J connectivity index is 1.57. The number of piperidine rings is 1. The Morgan fingerprint density at radius 1 is 1.11 bits per heavy atom. The highest BCUT2D eigenvalue weighted by Crippen LogP contribution is 2.43. The van der Waals surface area contributed by atoms with Gasteiger partial charge in [0.1, 0.15) is 18.0 Å². The molecule has 3 aromatic rings. The molecule has 0 bridgehead atoms. The summed E-state index contributed by atoms with van der Waals surface area (Å²) in [4.78, 5) is 28.7. The van der Waals surface area contributed by atoms with Crippen LogP contribution in [0.5, 0.6) is 17.2 Å². The summed E-state index contributed by atoms with van der Waals surface area (Å²) >= 11 is 0. The maximum Gasteiger partial charge on any atom is 0.419 e. The number of phenolic OH excluding ortho intramolecular Hbond substituents is 1. The second-order valence-corrected chi connectivity index (χ2v) is 10.8. The van der Waals surface area contributed by atoms with Gasteiger partial charge >= 0.3 is 6.09 Å². The summed E-state index contributed by atoms with van der Waals surface area (Å²) in [6.45, 7) is 9.26. The Labute approximate surface area is 222 Å². The van der Waals surface area contributed by atoms with E-state index in [-0.39, 0.29) is 24.0 Å². The van der Waals surface area contributed by atoms with E-state index in [1.54, 1.807) is 26.8 Å². The summed E-state index contributed by atoms with van der Waals surface area (Å²) < 4.78 is 18.7. The number of methoxy groups -OCH3 is 1. The maximum atomic E-state index is 13.5. The molecule has 1 fully saturated rings. The van der Waals surface area contributed by atoms with Gasteiger partial charge in [0.2, 0.25) is 0 Å². The number of benzene rings is 2. The second-order valence-electron chi connectivity index (χ2n) is 10.8. The molecule has 2 N–H and O–H groups in total. The molecule has 0 saturated carbocycles. The van der Waals surface area contributed by atoms with Crippen LogP contribution in [0.1, 0.15) is 56.0 Å². The third kappa shape index (κ3) is 5.03. The van der Waals surface area contributed by atoms with E-state index in [1.807, 2.05) is 24.3 Å². The summed E-state index contributed by atoms with van der Waals surface area (Å²) in [5.74, 6) is 0.510. The molecular formula is C29H35N3O6. The van der Waals surface area contributed by atoms with Crippen LogP contribution in [-0.4, -0.2) is 65.5 Å². The lowest BCUT2D eigenvalue weighted by Gasteiger charge is -2.26. The Kier molecular flexibility index (Phi) is 6.96. The van der Waals surface area contributed by atoms with E-state index in [9.17, 15) is 14.7 Å². The molecule has 0 atom stereocenters. The van der Waals surface area contributed by atoms with Crippen LogP contribution in [0.15, 0.2) is 30.3 Å². The molecule has 0 radical (unpaired) electrons. The van der Waals surface area contributed by atoms with Crippen LogP contribution in [0.25, 0.3) is 22.2 Å². The minimum Gasteiger partial charge on any atom is -0.504 e. The van der Waals surface area contributed by atoms with Crippen molar-refractivity contribution in [2.75, 3.05) is 33.4 Å². The Bertz CT molecular complexity index is 1380. The molecular weight excluding hydrogens is 486 g/mol. The first-order chi connectivity index (χ1) is 18.2. The number of nitrogens with one attached hydrogen (secondary N) is 1. The van der Waals surface area contributed by atoms with Crippen molar-refractivity contribution >= 4 is 22.9 Å². The molecule has 2 aliphatic rings. The number of carbonyl (C=O) groups is 2. The molecule has 1 amide bonds. The van der Waals surface area contributed by atoms with E-state index in [0.717, 1.165) is 25.0 Å². The smallest absolute Gasteiger partial charge is 0.419 e. The summed E-state index contributed by atoms with van der Waals surface area (Å²) in [7, 11) is 1.45. The number of nitrogens with zero attached hydrogens (tertiary/aromatic N) is 2. The molecule has 3 heterocycles. The van der Waals surface area contributed by atoms with Gasteiger partial charge in [-0.1, -0.05) is 6.42 Å². The van der Waals surface area contributed by atoms with Gasteiger partial charge in [-0.2, -0.15) is 0 Å². The maximum absolute atomic E-state index is 13.5. The molecule has 9 heteroatoms. The molecule has 2 aliphatic heterocycles. The van der Waals surface area contributed by atoms with Gasteiger partial charge in [-0.05, 0) is 77.0 Å². The van der Waals surface area contributed by atoms with Crippen molar-refractivity contribution in [2.24, 2.45) is 0 Å². The van der Waals surface area contributed by atoms with Crippen LogP contribution < -0.4 is 14.8 Å². The first-order valence-corrected chi connectivity index (χ1v) is 13.1. The van der Waals surface area contributed by atoms with Crippen molar-refractivity contribution in [3.05, 3.63) is 41.5 Å². The molecule has 0 spiro atoms. The number of aromatic hydroxyl groups is 1. The normalized spacial score (nSPS) is 15.8. The lowest BCUT2D eigenvalue weighted by Crippen LogP contribution is -2.33. The van der Waals surface area contributed by atoms with Gasteiger partial charge in [-0.25, -0.2) is 9.36 Å². The van der Waals surface area contributed by atoms with Gasteiger partial charge in [-0.15, -0.1) is 0 Å². The first kappa shape index (κ1) is 25.9. The van der Waals surface area contributed by atoms with E-state index >= 15 is 0 Å². The number of rotatable bonds is 6. The van der Waals surface area contributed by atoms with Gasteiger partial charge in [-0.3, -0.25) is 9.69 Å². The second kappa shape index (κ2) is 10.2. The van der Waals surface area contributed by atoms with Crippen molar-refractivity contribution in [2.45, 2.75) is 52.2 Å². The SMILES string of the molecule is COc1cc(-c2cc3cc(OCCN4CCCCC4)ccc3n2C(=O)OC(C)(C)C)c2c(c1O)CNC2=O. The van der Waals surface area contributed by atoms with E-state index < -0.39 is 11.7 Å². The highest BCUT2D eigenvalue weighted by Gasteiger charge is 2.32. The standard InChI is InChI=1S/C29H35N3O6/c1-29(2,3)38-28(35)32-22-9-8-19(37-13-12-31-10-6-5-7-11-31)14-18(22)15-23(32)20-16-24(36-4)26(33)21-17-30-27(34)25(20)21/h8-9,14-16,33H,5-7,10-13,17H2,1-4H3,(H,30,34). The van der Waals surface area contributed by atoms with Crippen LogP contribution in [0.3, 0.4) is 0 Å². The minimum absolute atomic E-state index is 0.0890. The average molecular weight is 522 g/mol. The topological polar surface area (TPSA) is 102 Å². The summed E-state index contributed by atoms with van der Waals surface area (Å²) in [5, 5.41) is 14.2. The van der Waals surface area contributed by atoms with Gasteiger partial charge in [0.25, 0.3) is 5.91 Å².